The number of benzene rings is 2. The number of aromatic nitrogens is 3. The largest absolute Gasteiger partial charge is 0.485 e. The standard InChI is InChI=1S/C23H14N4O6S/c28-22-20(11-13-9-10-16(32-13)14-5-1-2-6-15(14)27(29)30)34-23-24-21(25-26(22)23)19-12-31-17-7-3-4-8-18(17)33-19/h1-11,19H,12H2/b20-11-/t19-/m0/s1. The van der Waals surface area contributed by atoms with Gasteiger partial charge in [0, 0.05) is 12.1 Å². The molecule has 0 aliphatic carbocycles. The van der Waals surface area contributed by atoms with Crippen LogP contribution in [-0.2, 0) is 0 Å². The van der Waals surface area contributed by atoms with Gasteiger partial charge in [0.2, 0.25) is 4.96 Å². The lowest BCUT2D eigenvalue weighted by Gasteiger charge is -2.24. The van der Waals surface area contributed by atoms with Crippen LogP contribution < -0.4 is 19.6 Å². The maximum atomic E-state index is 12.9. The summed E-state index contributed by atoms with van der Waals surface area (Å²) in [7, 11) is 0. The Morgan fingerprint density at radius 1 is 1.09 bits per heavy atom. The van der Waals surface area contributed by atoms with Gasteiger partial charge in [-0.1, -0.05) is 35.6 Å². The molecular formula is C23H14N4O6S. The predicted octanol–water partition coefficient (Wildman–Crippen LogP) is 3.38. The third-order valence-corrected chi connectivity index (χ3v) is 6.22. The van der Waals surface area contributed by atoms with Gasteiger partial charge >= 0.3 is 0 Å². The number of nitrogens with zero attached hydrogens (tertiary/aromatic N) is 4. The lowest BCUT2D eigenvalue weighted by molar-refractivity contribution is -0.384. The summed E-state index contributed by atoms with van der Waals surface area (Å²) in [6.45, 7) is 0.239. The first kappa shape index (κ1) is 20.1. The first-order valence-corrected chi connectivity index (χ1v) is 11.0. The number of hydrogen-bond acceptors (Lipinski definition) is 9. The molecule has 0 saturated heterocycles. The van der Waals surface area contributed by atoms with E-state index in [9.17, 15) is 14.9 Å². The Balaban J connectivity index is 1.31. The van der Waals surface area contributed by atoms with Gasteiger partial charge in [0.25, 0.3) is 11.2 Å². The van der Waals surface area contributed by atoms with Gasteiger partial charge in [-0.25, -0.2) is 0 Å². The Bertz CT molecular complexity index is 1670. The van der Waals surface area contributed by atoms with Crippen LogP contribution in [0.1, 0.15) is 17.7 Å². The van der Waals surface area contributed by atoms with Crippen LogP contribution in [0.2, 0.25) is 0 Å². The van der Waals surface area contributed by atoms with Crippen molar-refractivity contribution in [2.24, 2.45) is 0 Å². The van der Waals surface area contributed by atoms with Crippen LogP contribution in [0.4, 0.5) is 5.69 Å². The first-order chi connectivity index (χ1) is 16.6. The van der Waals surface area contributed by atoms with Crippen LogP contribution in [-0.4, -0.2) is 26.1 Å². The van der Waals surface area contributed by atoms with Gasteiger partial charge in [-0.15, -0.1) is 5.10 Å². The fourth-order valence-electron chi connectivity index (χ4n) is 3.68. The number of para-hydroxylation sites is 3. The molecule has 1 aliphatic heterocycles. The van der Waals surface area contributed by atoms with E-state index in [4.69, 9.17) is 13.9 Å². The van der Waals surface area contributed by atoms with Crippen LogP contribution in [0.25, 0.3) is 22.4 Å². The molecule has 2 aromatic carbocycles. The van der Waals surface area contributed by atoms with Gasteiger partial charge < -0.3 is 13.9 Å². The van der Waals surface area contributed by atoms with Gasteiger partial charge in [0.15, 0.2) is 23.4 Å². The van der Waals surface area contributed by atoms with E-state index < -0.39 is 11.0 Å². The van der Waals surface area contributed by atoms with Crippen LogP contribution >= 0.6 is 11.3 Å². The smallest absolute Gasteiger partial charge is 0.291 e. The molecule has 0 spiro atoms. The number of thiazole rings is 1. The minimum absolute atomic E-state index is 0.0595. The Morgan fingerprint density at radius 2 is 1.88 bits per heavy atom. The van der Waals surface area contributed by atoms with Crippen LogP contribution in [0.15, 0.2) is 69.9 Å². The zero-order chi connectivity index (χ0) is 23.2. The second kappa shape index (κ2) is 7.81. The maximum Gasteiger partial charge on any atom is 0.291 e. The molecule has 0 amide bonds. The summed E-state index contributed by atoms with van der Waals surface area (Å²) < 4.78 is 19.0. The highest BCUT2D eigenvalue weighted by Crippen LogP contribution is 2.35. The van der Waals surface area contributed by atoms with Crippen molar-refractivity contribution >= 4 is 28.1 Å². The Morgan fingerprint density at radius 3 is 2.71 bits per heavy atom. The number of hydrogen-bond donors (Lipinski definition) is 0. The summed E-state index contributed by atoms with van der Waals surface area (Å²) in [6, 6.07) is 16.9. The molecule has 168 valence electrons. The van der Waals surface area contributed by atoms with E-state index in [0.29, 0.717) is 43.9 Å². The molecule has 5 aromatic rings. The van der Waals surface area contributed by atoms with E-state index in [2.05, 4.69) is 10.1 Å². The maximum absolute atomic E-state index is 12.9. The number of nitro groups is 1. The molecule has 0 radical (unpaired) electrons. The average Bonchev–Trinajstić information content (AvgIpc) is 3.56. The summed E-state index contributed by atoms with van der Waals surface area (Å²) in [5.41, 5.74) is -0.0478. The van der Waals surface area contributed by atoms with Gasteiger partial charge in [-0.2, -0.15) is 9.50 Å². The zero-order valence-electron chi connectivity index (χ0n) is 17.3. The number of nitro benzene ring substituents is 1. The van der Waals surface area contributed by atoms with Crippen LogP contribution in [0.5, 0.6) is 11.5 Å². The SMILES string of the molecule is O=c1/c(=C/c2ccc(-c3ccccc3[N+](=O)[O-])o2)sc2nc([C@@H]3COc4ccccc4O3)nn12. The van der Waals surface area contributed by atoms with Crippen LogP contribution in [0.3, 0.4) is 0 Å². The second-order valence-electron chi connectivity index (χ2n) is 7.42. The highest BCUT2D eigenvalue weighted by atomic mass is 32.1. The number of ether oxygens (including phenoxy) is 2. The van der Waals surface area contributed by atoms with Crippen molar-refractivity contribution in [3.8, 4) is 22.8 Å². The molecule has 0 fully saturated rings. The molecule has 4 heterocycles. The molecule has 0 saturated carbocycles. The van der Waals surface area contributed by atoms with Crippen molar-refractivity contribution in [2.45, 2.75) is 6.10 Å². The Kier molecular flexibility index (Phi) is 4.62. The predicted molar refractivity (Wildman–Crippen MR) is 122 cm³/mol. The second-order valence-corrected chi connectivity index (χ2v) is 8.43. The van der Waals surface area contributed by atoms with Crippen LogP contribution in [0, 0.1) is 10.1 Å². The molecule has 6 rings (SSSR count). The molecule has 1 aliphatic rings. The number of rotatable bonds is 4. The van der Waals surface area contributed by atoms with E-state index in [1.54, 1.807) is 42.5 Å². The molecule has 0 bridgehead atoms. The normalized spacial score (nSPS) is 15.6. The molecule has 0 N–H and O–H groups in total. The molecular weight excluding hydrogens is 460 g/mol. The van der Waals surface area contributed by atoms with Crippen molar-refractivity contribution in [3.63, 3.8) is 0 Å². The molecule has 1 atom stereocenters. The monoisotopic (exact) mass is 474 g/mol. The summed E-state index contributed by atoms with van der Waals surface area (Å²) in [5.74, 6) is 2.33. The van der Waals surface area contributed by atoms with Crippen molar-refractivity contribution in [1.82, 2.24) is 14.6 Å². The zero-order valence-corrected chi connectivity index (χ0v) is 18.1. The highest BCUT2D eigenvalue weighted by Gasteiger charge is 2.27. The van der Waals surface area contributed by atoms with E-state index in [-0.39, 0.29) is 17.9 Å². The lowest BCUT2D eigenvalue weighted by atomic mass is 10.1. The summed E-state index contributed by atoms with van der Waals surface area (Å²) >= 11 is 1.16. The van der Waals surface area contributed by atoms with Gasteiger partial charge in [-0.05, 0) is 30.3 Å². The van der Waals surface area contributed by atoms with Crippen molar-refractivity contribution in [2.75, 3.05) is 6.61 Å². The summed E-state index contributed by atoms with van der Waals surface area (Å²) in [5, 5.41) is 15.6. The van der Waals surface area contributed by atoms with E-state index >= 15 is 0 Å². The van der Waals surface area contributed by atoms with Crippen molar-refractivity contribution in [3.05, 3.63) is 97.2 Å². The minimum Gasteiger partial charge on any atom is -0.485 e. The molecule has 11 heteroatoms. The molecule has 3 aromatic heterocycles. The fraction of sp³-hybridized carbons (Fsp3) is 0.0870. The number of fused-ring (bicyclic) bond motifs is 2. The van der Waals surface area contributed by atoms with E-state index in [0.717, 1.165) is 11.3 Å². The third kappa shape index (κ3) is 3.39. The van der Waals surface area contributed by atoms with Gasteiger partial charge in [0.05, 0.1) is 10.5 Å². The fourth-order valence-corrected chi connectivity index (χ4v) is 4.57. The molecule has 0 unspecified atom stereocenters. The quantitative estimate of drug-likeness (QED) is 0.287. The summed E-state index contributed by atoms with van der Waals surface area (Å²) in [4.78, 5) is 28.6. The van der Waals surface area contributed by atoms with Gasteiger partial charge in [0.1, 0.15) is 22.7 Å². The van der Waals surface area contributed by atoms with E-state index in [1.165, 1.54) is 10.6 Å². The summed E-state index contributed by atoms with van der Waals surface area (Å²) in [6.07, 6.45) is 1.04. The molecule has 10 nitrogen and oxygen atoms in total. The van der Waals surface area contributed by atoms with E-state index in [1.807, 2.05) is 18.2 Å². The number of furan rings is 1. The van der Waals surface area contributed by atoms with Gasteiger partial charge in [-0.3, -0.25) is 14.9 Å². The van der Waals surface area contributed by atoms with Crippen molar-refractivity contribution in [1.29, 1.82) is 0 Å². The van der Waals surface area contributed by atoms with Crippen molar-refractivity contribution < 1.29 is 18.8 Å². The Hall–Kier alpha value is -4.51. The first-order valence-electron chi connectivity index (χ1n) is 10.2. The molecule has 34 heavy (non-hydrogen) atoms. The topological polar surface area (TPSA) is 122 Å². The average molecular weight is 474 g/mol. The lowest BCUT2D eigenvalue weighted by Crippen LogP contribution is -2.26. The highest BCUT2D eigenvalue weighted by molar-refractivity contribution is 7.15. The third-order valence-electron chi connectivity index (χ3n) is 5.26. The minimum atomic E-state index is -0.525. The Labute approximate surface area is 194 Å².